The van der Waals surface area contributed by atoms with Gasteiger partial charge in [-0.25, -0.2) is 0 Å². The summed E-state index contributed by atoms with van der Waals surface area (Å²) in [5, 5.41) is 12.4. The molecule has 7 nitrogen and oxygen atoms in total. The minimum absolute atomic E-state index is 0.0453. The first-order valence-electron chi connectivity index (χ1n) is 11.9. The van der Waals surface area contributed by atoms with Gasteiger partial charge in [-0.15, -0.1) is 0 Å². The van der Waals surface area contributed by atoms with Crippen molar-refractivity contribution in [3.63, 3.8) is 0 Å². The van der Waals surface area contributed by atoms with Crippen LogP contribution in [0.5, 0.6) is 5.75 Å². The SMILES string of the molecule is CC(C)COc1cccc(/C(O)=C2\C(=O)C(=O)N(Cc3ccco3)C2c2cn(C)c3ccccc23)c1. The van der Waals surface area contributed by atoms with Gasteiger partial charge in [-0.1, -0.05) is 44.2 Å². The highest BCUT2D eigenvalue weighted by Crippen LogP contribution is 2.43. The van der Waals surface area contributed by atoms with E-state index in [1.54, 1.807) is 36.4 Å². The molecule has 0 bridgehead atoms. The lowest BCUT2D eigenvalue weighted by atomic mass is 9.95. The number of benzene rings is 2. The first kappa shape index (κ1) is 23.5. The molecule has 1 amide bonds. The van der Waals surface area contributed by atoms with E-state index < -0.39 is 17.7 Å². The molecule has 1 N–H and O–H groups in total. The molecule has 0 aliphatic carbocycles. The van der Waals surface area contributed by atoms with Crippen molar-refractivity contribution in [2.24, 2.45) is 13.0 Å². The zero-order valence-electron chi connectivity index (χ0n) is 20.5. The molecule has 1 fully saturated rings. The molecule has 0 saturated carbocycles. The van der Waals surface area contributed by atoms with Crippen molar-refractivity contribution in [3.05, 3.63) is 95.6 Å². The summed E-state index contributed by atoms with van der Waals surface area (Å²) in [6, 6.07) is 17.5. The van der Waals surface area contributed by atoms with Gasteiger partial charge >= 0.3 is 0 Å². The Kier molecular flexibility index (Phi) is 6.14. The van der Waals surface area contributed by atoms with Crippen molar-refractivity contribution >= 4 is 28.4 Å². The number of aryl methyl sites for hydroxylation is 1. The Morgan fingerprint density at radius 2 is 1.89 bits per heavy atom. The van der Waals surface area contributed by atoms with Gasteiger partial charge < -0.3 is 23.7 Å². The van der Waals surface area contributed by atoms with E-state index in [0.29, 0.717) is 29.6 Å². The van der Waals surface area contributed by atoms with Gasteiger partial charge in [-0.2, -0.15) is 0 Å². The summed E-state index contributed by atoms with van der Waals surface area (Å²) in [7, 11) is 1.92. The highest BCUT2D eigenvalue weighted by Gasteiger charge is 2.47. The van der Waals surface area contributed by atoms with E-state index in [-0.39, 0.29) is 17.9 Å². The number of ketones is 1. The van der Waals surface area contributed by atoms with E-state index >= 15 is 0 Å². The summed E-state index contributed by atoms with van der Waals surface area (Å²) in [5.41, 5.74) is 2.18. The van der Waals surface area contributed by atoms with Gasteiger partial charge in [0.15, 0.2) is 0 Å². The third kappa shape index (κ3) is 4.17. The van der Waals surface area contributed by atoms with E-state index in [4.69, 9.17) is 9.15 Å². The van der Waals surface area contributed by atoms with Crippen molar-refractivity contribution in [2.75, 3.05) is 6.61 Å². The molecule has 4 aromatic rings. The van der Waals surface area contributed by atoms with Crippen LogP contribution in [0.25, 0.3) is 16.7 Å². The largest absolute Gasteiger partial charge is 0.507 e. The lowest BCUT2D eigenvalue weighted by Crippen LogP contribution is -2.29. The minimum Gasteiger partial charge on any atom is -0.507 e. The lowest BCUT2D eigenvalue weighted by molar-refractivity contribution is -0.140. The fraction of sp³-hybridized carbons (Fsp3) is 0.241. The summed E-state index contributed by atoms with van der Waals surface area (Å²) in [6.45, 7) is 4.72. The number of carbonyl (C=O) groups excluding carboxylic acids is 2. The predicted molar refractivity (Wildman–Crippen MR) is 136 cm³/mol. The fourth-order valence-electron chi connectivity index (χ4n) is 4.68. The topological polar surface area (TPSA) is 84.9 Å². The molecule has 184 valence electrons. The number of fused-ring (bicyclic) bond motifs is 1. The second-order valence-corrected chi connectivity index (χ2v) is 9.45. The molecule has 0 radical (unpaired) electrons. The van der Waals surface area contributed by atoms with Crippen molar-refractivity contribution < 1.29 is 23.8 Å². The van der Waals surface area contributed by atoms with Gasteiger partial charge in [0.25, 0.3) is 11.7 Å². The number of hydrogen-bond donors (Lipinski definition) is 1. The summed E-state index contributed by atoms with van der Waals surface area (Å²) in [5.74, 6) is -0.183. The van der Waals surface area contributed by atoms with Crippen molar-refractivity contribution in [2.45, 2.75) is 26.4 Å². The van der Waals surface area contributed by atoms with Gasteiger partial charge in [0.05, 0.1) is 31.0 Å². The van der Waals surface area contributed by atoms with Crippen LogP contribution in [-0.4, -0.2) is 32.9 Å². The average Bonchev–Trinajstić information content (AvgIpc) is 3.57. The Balaban J connectivity index is 1.67. The van der Waals surface area contributed by atoms with Crippen LogP contribution in [0.15, 0.2) is 83.1 Å². The number of aliphatic hydroxyl groups is 1. The number of Topliss-reactive ketones (excluding diaryl/α,β-unsaturated/α-hetero) is 1. The van der Waals surface area contributed by atoms with Crippen LogP contribution in [0.3, 0.4) is 0 Å². The number of carbonyl (C=O) groups is 2. The molecule has 1 aliphatic rings. The molecule has 5 rings (SSSR count). The standard InChI is InChI=1S/C29H28N2O5/c1-18(2)17-36-20-9-6-8-19(14-20)27(32)25-26(23-16-30(3)24-12-5-4-11-22(23)24)31(29(34)28(25)33)15-21-10-7-13-35-21/h4-14,16,18,26,32H,15,17H2,1-3H3/b27-25+. The van der Waals surface area contributed by atoms with Gasteiger partial charge in [-0.05, 0) is 36.2 Å². The first-order valence-corrected chi connectivity index (χ1v) is 11.9. The van der Waals surface area contributed by atoms with Crippen molar-refractivity contribution in [3.8, 4) is 5.75 Å². The first-order chi connectivity index (χ1) is 17.3. The molecule has 1 aliphatic heterocycles. The predicted octanol–water partition coefficient (Wildman–Crippen LogP) is 5.43. The number of rotatable bonds is 7. The Labute approximate surface area is 209 Å². The van der Waals surface area contributed by atoms with Gasteiger partial charge in [0.1, 0.15) is 17.3 Å². The van der Waals surface area contributed by atoms with Crippen LogP contribution in [-0.2, 0) is 23.2 Å². The maximum absolute atomic E-state index is 13.4. The van der Waals surface area contributed by atoms with Crippen molar-refractivity contribution in [1.82, 2.24) is 9.47 Å². The second kappa shape index (κ2) is 9.41. The molecule has 1 unspecified atom stereocenters. The maximum Gasteiger partial charge on any atom is 0.296 e. The number of amides is 1. The van der Waals surface area contributed by atoms with E-state index in [2.05, 4.69) is 13.8 Å². The minimum atomic E-state index is -0.790. The second-order valence-electron chi connectivity index (χ2n) is 9.45. The highest BCUT2D eigenvalue weighted by atomic mass is 16.5. The Morgan fingerprint density at radius 1 is 1.08 bits per heavy atom. The molecule has 1 atom stereocenters. The molecule has 2 aromatic carbocycles. The number of ether oxygens (including phenoxy) is 1. The van der Waals surface area contributed by atoms with Crippen LogP contribution < -0.4 is 4.74 Å². The lowest BCUT2D eigenvalue weighted by Gasteiger charge is -2.24. The number of aliphatic hydroxyl groups excluding tert-OH is 1. The molecular weight excluding hydrogens is 456 g/mol. The molecule has 2 aromatic heterocycles. The quantitative estimate of drug-likeness (QED) is 0.215. The Bertz CT molecular complexity index is 1460. The highest BCUT2D eigenvalue weighted by molar-refractivity contribution is 6.46. The molecule has 36 heavy (non-hydrogen) atoms. The molecular formula is C29H28N2O5. The summed E-state index contributed by atoms with van der Waals surface area (Å²) >= 11 is 0. The third-order valence-electron chi connectivity index (χ3n) is 6.36. The van der Waals surface area contributed by atoms with Gasteiger partial charge in [-0.3, -0.25) is 9.59 Å². The number of para-hydroxylation sites is 1. The molecule has 7 heteroatoms. The van der Waals surface area contributed by atoms with E-state index in [1.165, 1.54) is 11.2 Å². The van der Waals surface area contributed by atoms with Crippen LogP contribution in [0, 0.1) is 5.92 Å². The van der Waals surface area contributed by atoms with Crippen molar-refractivity contribution in [1.29, 1.82) is 0 Å². The number of likely N-dealkylation sites (tertiary alicyclic amines) is 1. The maximum atomic E-state index is 13.4. The summed E-state index contributed by atoms with van der Waals surface area (Å²) in [4.78, 5) is 28.2. The number of hydrogen-bond acceptors (Lipinski definition) is 5. The van der Waals surface area contributed by atoms with Crippen LogP contribution in [0.4, 0.5) is 0 Å². The Morgan fingerprint density at radius 3 is 2.64 bits per heavy atom. The van der Waals surface area contributed by atoms with Gasteiger partial charge in [0, 0.05) is 35.3 Å². The van der Waals surface area contributed by atoms with E-state index in [9.17, 15) is 14.7 Å². The fourth-order valence-corrected chi connectivity index (χ4v) is 4.68. The summed E-state index contributed by atoms with van der Waals surface area (Å²) in [6.07, 6.45) is 3.44. The van der Waals surface area contributed by atoms with Gasteiger partial charge in [0.2, 0.25) is 0 Å². The van der Waals surface area contributed by atoms with Crippen LogP contribution in [0.2, 0.25) is 0 Å². The third-order valence-corrected chi connectivity index (χ3v) is 6.36. The molecule has 1 saturated heterocycles. The number of nitrogens with zero attached hydrogens (tertiary/aromatic N) is 2. The van der Waals surface area contributed by atoms with E-state index in [1.807, 2.05) is 42.1 Å². The zero-order chi connectivity index (χ0) is 25.4. The number of aromatic nitrogens is 1. The monoisotopic (exact) mass is 484 g/mol. The van der Waals surface area contributed by atoms with Crippen LogP contribution in [0.1, 0.15) is 36.8 Å². The van der Waals surface area contributed by atoms with E-state index in [0.717, 1.165) is 16.5 Å². The summed E-state index contributed by atoms with van der Waals surface area (Å²) < 4.78 is 13.3. The number of furan rings is 1. The average molecular weight is 485 g/mol. The molecule has 3 heterocycles. The molecule has 0 spiro atoms. The zero-order valence-corrected chi connectivity index (χ0v) is 20.5. The normalized spacial score (nSPS) is 17.4. The Hall–Kier alpha value is -4.26. The smallest absolute Gasteiger partial charge is 0.296 e. The van der Waals surface area contributed by atoms with Crippen LogP contribution >= 0.6 is 0 Å².